The number of benzene rings is 1. The lowest BCUT2D eigenvalue weighted by molar-refractivity contribution is 0.0759. The third-order valence-corrected chi connectivity index (χ3v) is 2.20. The fourth-order valence-electron chi connectivity index (χ4n) is 1.11. The summed E-state index contributed by atoms with van der Waals surface area (Å²) in [5.41, 5.74) is 0.939. The summed E-state index contributed by atoms with van der Waals surface area (Å²) in [6.45, 7) is 2.65. The Labute approximate surface area is 95.3 Å². The molecule has 0 spiro atoms. The van der Waals surface area contributed by atoms with E-state index in [0.717, 1.165) is 17.3 Å². The average molecular weight is 230 g/mol. The van der Waals surface area contributed by atoms with Crippen molar-refractivity contribution in [3.8, 4) is 0 Å². The van der Waals surface area contributed by atoms with Gasteiger partial charge < -0.3 is 14.8 Å². The van der Waals surface area contributed by atoms with E-state index in [1.807, 2.05) is 24.3 Å². The fraction of sp³-hybridized carbons (Fsp3) is 0.455. The van der Waals surface area contributed by atoms with Crippen LogP contribution in [0.2, 0.25) is 5.02 Å². The van der Waals surface area contributed by atoms with Gasteiger partial charge in [-0.1, -0.05) is 23.7 Å². The molecule has 0 amide bonds. The molecule has 3 nitrogen and oxygen atoms in total. The summed E-state index contributed by atoms with van der Waals surface area (Å²) in [5, 5.41) is 3.92. The molecule has 84 valence electrons. The van der Waals surface area contributed by atoms with Gasteiger partial charge in [-0.2, -0.15) is 0 Å². The Morgan fingerprint density at radius 1 is 1.20 bits per heavy atom. The average Bonchev–Trinajstić information content (AvgIpc) is 2.25. The van der Waals surface area contributed by atoms with Gasteiger partial charge in [-0.15, -0.1) is 0 Å². The van der Waals surface area contributed by atoms with Crippen molar-refractivity contribution in [2.75, 3.05) is 38.8 Å². The van der Waals surface area contributed by atoms with Crippen molar-refractivity contribution in [1.82, 2.24) is 0 Å². The van der Waals surface area contributed by atoms with Crippen molar-refractivity contribution < 1.29 is 9.47 Å². The Bertz CT molecular complexity index is 281. The molecule has 0 aromatic heterocycles. The molecular weight excluding hydrogens is 214 g/mol. The standard InChI is InChI=1S/C11H16ClNO2/c1-14-8-9-15-7-6-13-11-5-3-2-4-10(11)12/h2-5,13H,6-9H2,1H3. The van der Waals surface area contributed by atoms with E-state index < -0.39 is 0 Å². The molecule has 0 unspecified atom stereocenters. The van der Waals surface area contributed by atoms with Crippen LogP contribution in [0.25, 0.3) is 0 Å². The van der Waals surface area contributed by atoms with Gasteiger partial charge in [-0.25, -0.2) is 0 Å². The van der Waals surface area contributed by atoms with Crippen LogP contribution in [0.4, 0.5) is 5.69 Å². The molecule has 0 saturated heterocycles. The summed E-state index contributed by atoms with van der Waals surface area (Å²) in [5.74, 6) is 0. The summed E-state index contributed by atoms with van der Waals surface area (Å²) in [4.78, 5) is 0. The molecule has 0 heterocycles. The van der Waals surface area contributed by atoms with E-state index in [1.54, 1.807) is 7.11 Å². The first-order valence-electron chi connectivity index (χ1n) is 4.89. The van der Waals surface area contributed by atoms with E-state index in [4.69, 9.17) is 21.1 Å². The second-order valence-corrected chi connectivity index (χ2v) is 3.42. The number of methoxy groups -OCH3 is 1. The van der Waals surface area contributed by atoms with Crippen LogP contribution in [0.15, 0.2) is 24.3 Å². The zero-order valence-electron chi connectivity index (χ0n) is 8.83. The number of para-hydroxylation sites is 1. The second kappa shape index (κ2) is 7.51. The van der Waals surface area contributed by atoms with Gasteiger partial charge in [0, 0.05) is 13.7 Å². The van der Waals surface area contributed by atoms with Crippen LogP contribution in [-0.2, 0) is 9.47 Å². The molecule has 0 saturated carbocycles. The molecule has 0 bridgehead atoms. The first-order valence-corrected chi connectivity index (χ1v) is 5.27. The van der Waals surface area contributed by atoms with Gasteiger partial charge in [0.15, 0.2) is 0 Å². The van der Waals surface area contributed by atoms with Gasteiger partial charge in [-0.3, -0.25) is 0 Å². The molecule has 1 N–H and O–H groups in total. The van der Waals surface area contributed by atoms with Crippen LogP contribution in [0.1, 0.15) is 0 Å². The number of halogens is 1. The molecule has 15 heavy (non-hydrogen) atoms. The Morgan fingerprint density at radius 2 is 2.00 bits per heavy atom. The maximum atomic E-state index is 5.96. The Balaban J connectivity index is 2.12. The molecule has 4 heteroatoms. The smallest absolute Gasteiger partial charge is 0.0701 e. The maximum absolute atomic E-state index is 5.96. The lowest BCUT2D eigenvalue weighted by Crippen LogP contribution is -2.12. The Morgan fingerprint density at radius 3 is 2.73 bits per heavy atom. The summed E-state index contributed by atoms with van der Waals surface area (Å²) in [6, 6.07) is 7.65. The third-order valence-electron chi connectivity index (χ3n) is 1.87. The van der Waals surface area contributed by atoms with E-state index in [0.29, 0.717) is 19.8 Å². The van der Waals surface area contributed by atoms with E-state index >= 15 is 0 Å². The lowest BCUT2D eigenvalue weighted by Gasteiger charge is -2.08. The van der Waals surface area contributed by atoms with Crippen LogP contribution in [0.5, 0.6) is 0 Å². The molecule has 0 fully saturated rings. The number of hydrogen-bond donors (Lipinski definition) is 1. The summed E-state index contributed by atoms with van der Waals surface area (Å²) < 4.78 is 10.2. The van der Waals surface area contributed by atoms with Gasteiger partial charge in [0.25, 0.3) is 0 Å². The highest BCUT2D eigenvalue weighted by atomic mass is 35.5. The van der Waals surface area contributed by atoms with Crippen molar-refractivity contribution in [3.05, 3.63) is 29.3 Å². The number of anilines is 1. The van der Waals surface area contributed by atoms with E-state index in [-0.39, 0.29) is 0 Å². The van der Waals surface area contributed by atoms with Crippen molar-refractivity contribution in [2.24, 2.45) is 0 Å². The fourth-order valence-corrected chi connectivity index (χ4v) is 1.31. The Kier molecular flexibility index (Phi) is 6.16. The monoisotopic (exact) mass is 229 g/mol. The lowest BCUT2D eigenvalue weighted by atomic mass is 10.3. The number of ether oxygens (including phenoxy) is 2. The van der Waals surface area contributed by atoms with E-state index in [2.05, 4.69) is 5.32 Å². The summed E-state index contributed by atoms with van der Waals surface area (Å²) in [6.07, 6.45) is 0. The maximum Gasteiger partial charge on any atom is 0.0701 e. The van der Waals surface area contributed by atoms with Gasteiger partial charge in [-0.05, 0) is 12.1 Å². The van der Waals surface area contributed by atoms with Gasteiger partial charge in [0.1, 0.15) is 0 Å². The molecule has 0 aliphatic heterocycles. The number of nitrogens with one attached hydrogen (secondary N) is 1. The predicted octanol–water partition coefficient (Wildman–Crippen LogP) is 2.41. The summed E-state index contributed by atoms with van der Waals surface area (Å²) >= 11 is 5.96. The minimum absolute atomic E-state index is 0.626. The van der Waals surface area contributed by atoms with E-state index in [1.165, 1.54) is 0 Å². The van der Waals surface area contributed by atoms with Crippen molar-refractivity contribution >= 4 is 17.3 Å². The SMILES string of the molecule is COCCOCCNc1ccccc1Cl. The highest BCUT2D eigenvalue weighted by Crippen LogP contribution is 2.19. The molecule has 0 radical (unpaired) electrons. The van der Waals surface area contributed by atoms with Crippen LogP contribution >= 0.6 is 11.6 Å². The van der Waals surface area contributed by atoms with E-state index in [9.17, 15) is 0 Å². The molecule has 1 aromatic rings. The van der Waals surface area contributed by atoms with Crippen molar-refractivity contribution in [1.29, 1.82) is 0 Å². The van der Waals surface area contributed by atoms with Crippen LogP contribution in [-0.4, -0.2) is 33.5 Å². The first kappa shape index (κ1) is 12.3. The topological polar surface area (TPSA) is 30.5 Å². The van der Waals surface area contributed by atoms with Gasteiger partial charge in [0.05, 0.1) is 30.5 Å². The van der Waals surface area contributed by atoms with Crippen LogP contribution in [0, 0.1) is 0 Å². The largest absolute Gasteiger partial charge is 0.382 e. The summed E-state index contributed by atoms with van der Waals surface area (Å²) in [7, 11) is 1.66. The zero-order valence-corrected chi connectivity index (χ0v) is 9.59. The third kappa shape index (κ3) is 5.02. The minimum atomic E-state index is 0.626. The molecule has 0 aliphatic carbocycles. The highest BCUT2D eigenvalue weighted by molar-refractivity contribution is 6.33. The first-order chi connectivity index (χ1) is 7.34. The molecule has 0 aliphatic rings. The van der Waals surface area contributed by atoms with Gasteiger partial charge >= 0.3 is 0 Å². The number of rotatable bonds is 7. The zero-order chi connectivity index (χ0) is 10.9. The molecule has 1 aromatic carbocycles. The Hall–Kier alpha value is -0.770. The van der Waals surface area contributed by atoms with Crippen LogP contribution < -0.4 is 5.32 Å². The molecular formula is C11H16ClNO2. The molecule has 0 atom stereocenters. The quantitative estimate of drug-likeness (QED) is 0.729. The number of hydrogen-bond acceptors (Lipinski definition) is 3. The van der Waals surface area contributed by atoms with Crippen molar-refractivity contribution in [2.45, 2.75) is 0 Å². The van der Waals surface area contributed by atoms with Gasteiger partial charge in [0.2, 0.25) is 0 Å². The normalized spacial score (nSPS) is 10.3. The van der Waals surface area contributed by atoms with Crippen molar-refractivity contribution in [3.63, 3.8) is 0 Å². The predicted molar refractivity (Wildman–Crippen MR) is 62.6 cm³/mol. The second-order valence-electron chi connectivity index (χ2n) is 3.01. The highest BCUT2D eigenvalue weighted by Gasteiger charge is 1.96. The minimum Gasteiger partial charge on any atom is -0.382 e. The molecule has 1 rings (SSSR count). The van der Waals surface area contributed by atoms with Crippen LogP contribution in [0.3, 0.4) is 0 Å².